The van der Waals surface area contributed by atoms with Gasteiger partial charge in [0.1, 0.15) is 5.75 Å². The zero-order chi connectivity index (χ0) is 11.0. The van der Waals surface area contributed by atoms with Crippen LogP contribution in [0.25, 0.3) is 10.9 Å². The van der Waals surface area contributed by atoms with Crippen LogP contribution in [0.1, 0.15) is 10.5 Å². The smallest absolute Gasteiger partial charge is 0.355 e. The average Bonchev–Trinajstić information content (AvgIpc) is 2.17. The molecule has 2 N–H and O–H groups in total. The number of nitrogens with zero attached hydrogens (tertiary/aromatic N) is 2. The summed E-state index contributed by atoms with van der Waals surface area (Å²) in [5.74, 6) is -1.26. The van der Waals surface area contributed by atoms with Crippen LogP contribution >= 0.6 is 11.6 Å². The van der Waals surface area contributed by atoms with Crippen molar-refractivity contribution in [3.63, 3.8) is 0 Å². The number of aromatic hydroxyl groups is 1. The predicted molar refractivity (Wildman–Crippen MR) is 53.2 cm³/mol. The maximum Gasteiger partial charge on any atom is 0.355 e. The van der Waals surface area contributed by atoms with Gasteiger partial charge in [-0.3, -0.25) is 0 Å². The highest BCUT2D eigenvalue weighted by Gasteiger charge is 2.13. The van der Waals surface area contributed by atoms with Crippen molar-refractivity contribution in [1.29, 1.82) is 0 Å². The Morgan fingerprint density at radius 2 is 2.07 bits per heavy atom. The van der Waals surface area contributed by atoms with Crippen molar-refractivity contribution < 1.29 is 15.0 Å². The molecular weight excluding hydrogens is 220 g/mol. The Balaban J connectivity index is 2.87. The second kappa shape index (κ2) is 3.36. The number of aromatic nitrogens is 2. The van der Waals surface area contributed by atoms with Gasteiger partial charge >= 0.3 is 5.97 Å². The second-order valence-electron chi connectivity index (χ2n) is 2.85. The van der Waals surface area contributed by atoms with Crippen LogP contribution in [0.15, 0.2) is 18.2 Å². The number of rotatable bonds is 1. The van der Waals surface area contributed by atoms with Crippen molar-refractivity contribution in [2.45, 2.75) is 0 Å². The predicted octanol–water partition coefficient (Wildman–Crippen LogP) is 1.69. The molecule has 6 heteroatoms. The molecule has 0 amide bonds. The summed E-state index contributed by atoms with van der Waals surface area (Å²) in [5.41, 5.74) is 0.158. The number of benzene rings is 1. The molecule has 0 spiro atoms. The van der Waals surface area contributed by atoms with Crippen LogP contribution in [0.4, 0.5) is 0 Å². The number of carbonyl (C=O) groups is 1. The van der Waals surface area contributed by atoms with E-state index in [9.17, 15) is 9.90 Å². The Kier molecular flexibility index (Phi) is 2.17. The molecule has 1 heterocycles. The van der Waals surface area contributed by atoms with Gasteiger partial charge in [-0.25, -0.2) is 14.8 Å². The molecule has 1 aromatic carbocycles. The van der Waals surface area contributed by atoms with Gasteiger partial charge in [0.15, 0.2) is 5.69 Å². The third kappa shape index (κ3) is 1.69. The first-order chi connectivity index (χ1) is 7.08. The van der Waals surface area contributed by atoms with Crippen LogP contribution in [0.2, 0.25) is 5.28 Å². The van der Waals surface area contributed by atoms with Gasteiger partial charge in [0.25, 0.3) is 0 Å². The van der Waals surface area contributed by atoms with Crippen LogP contribution in [0.3, 0.4) is 0 Å². The maximum absolute atomic E-state index is 10.8. The molecule has 5 nitrogen and oxygen atoms in total. The lowest BCUT2D eigenvalue weighted by Gasteiger charge is -2.02. The molecule has 1 aromatic heterocycles. The molecule has 0 aliphatic carbocycles. The molecule has 0 unspecified atom stereocenters. The lowest BCUT2D eigenvalue weighted by atomic mass is 10.2. The van der Waals surface area contributed by atoms with Crippen LogP contribution < -0.4 is 0 Å². The number of phenols is 1. The van der Waals surface area contributed by atoms with Gasteiger partial charge in [0, 0.05) is 5.39 Å². The summed E-state index contributed by atoms with van der Waals surface area (Å²) in [5, 5.41) is 18.2. The molecular formula is C9H5ClN2O3. The van der Waals surface area contributed by atoms with E-state index in [0.29, 0.717) is 5.52 Å². The lowest BCUT2D eigenvalue weighted by molar-refractivity contribution is 0.0692. The summed E-state index contributed by atoms with van der Waals surface area (Å²) in [6.45, 7) is 0. The van der Waals surface area contributed by atoms with Crippen LogP contribution in [0, 0.1) is 0 Å². The van der Waals surface area contributed by atoms with E-state index in [1.165, 1.54) is 18.2 Å². The number of fused-ring (bicyclic) bond motifs is 1. The first kappa shape index (κ1) is 9.67. The van der Waals surface area contributed by atoms with Crippen molar-refractivity contribution in [2.75, 3.05) is 0 Å². The zero-order valence-electron chi connectivity index (χ0n) is 7.31. The third-order valence-electron chi connectivity index (χ3n) is 1.85. The van der Waals surface area contributed by atoms with E-state index < -0.39 is 5.97 Å². The normalized spacial score (nSPS) is 10.5. The van der Waals surface area contributed by atoms with Crippen molar-refractivity contribution in [2.24, 2.45) is 0 Å². The Morgan fingerprint density at radius 3 is 2.73 bits per heavy atom. The number of aromatic carboxylic acids is 1. The number of carboxylic acids is 1. The molecule has 2 rings (SSSR count). The van der Waals surface area contributed by atoms with Crippen LogP contribution in [-0.2, 0) is 0 Å². The van der Waals surface area contributed by atoms with E-state index in [1.807, 2.05) is 0 Å². The third-order valence-corrected chi connectivity index (χ3v) is 2.02. The van der Waals surface area contributed by atoms with Gasteiger partial charge in [-0.15, -0.1) is 0 Å². The summed E-state index contributed by atoms with van der Waals surface area (Å²) in [6.07, 6.45) is 0. The highest BCUT2D eigenvalue weighted by Crippen LogP contribution is 2.22. The molecule has 0 aliphatic rings. The quantitative estimate of drug-likeness (QED) is 0.720. The van der Waals surface area contributed by atoms with E-state index in [0.717, 1.165) is 0 Å². The zero-order valence-corrected chi connectivity index (χ0v) is 8.06. The van der Waals surface area contributed by atoms with Crippen LogP contribution in [0.5, 0.6) is 5.75 Å². The van der Waals surface area contributed by atoms with Gasteiger partial charge in [-0.05, 0) is 29.8 Å². The summed E-state index contributed by atoms with van der Waals surface area (Å²) in [6, 6.07) is 4.16. The molecule has 2 aromatic rings. The van der Waals surface area contributed by atoms with Crippen LogP contribution in [-0.4, -0.2) is 26.2 Å². The standard InChI is InChI=1S/C9H5ClN2O3/c10-9-11-6-2-1-4(13)3-5(6)7(12-9)8(14)15/h1-3,13H,(H,14,15). The summed E-state index contributed by atoms with van der Waals surface area (Å²) < 4.78 is 0. The SMILES string of the molecule is O=C(O)c1nc(Cl)nc2ccc(O)cc12. The highest BCUT2D eigenvalue weighted by atomic mass is 35.5. The van der Waals surface area contributed by atoms with Gasteiger partial charge in [0.2, 0.25) is 5.28 Å². The number of carboxylic acid groups (broad SMARTS) is 1. The number of phenolic OH excluding ortho intramolecular Hbond substituents is 1. The Morgan fingerprint density at radius 1 is 1.33 bits per heavy atom. The fourth-order valence-electron chi connectivity index (χ4n) is 1.25. The molecule has 0 atom stereocenters. The molecule has 0 saturated heterocycles. The Labute approximate surface area is 89.0 Å². The summed E-state index contributed by atoms with van der Waals surface area (Å²) >= 11 is 5.56. The van der Waals surface area contributed by atoms with Crippen molar-refractivity contribution >= 4 is 28.5 Å². The van der Waals surface area contributed by atoms with Crippen molar-refractivity contribution in [3.05, 3.63) is 29.2 Å². The van der Waals surface area contributed by atoms with Crippen molar-refractivity contribution in [1.82, 2.24) is 9.97 Å². The minimum absolute atomic E-state index is 0.0454. The van der Waals surface area contributed by atoms with E-state index in [-0.39, 0.29) is 22.1 Å². The molecule has 0 fully saturated rings. The minimum atomic E-state index is -1.21. The van der Waals surface area contributed by atoms with Gasteiger partial charge in [-0.2, -0.15) is 0 Å². The minimum Gasteiger partial charge on any atom is -0.508 e. The summed E-state index contributed by atoms with van der Waals surface area (Å²) in [7, 11) is 0. The van der Waals surface area contributed by atoms with E-state index in [1.54, 1.807) is 0 Å². The van der Waals surface area contributed by atoms with E-state index in [4.69, 9.17) is 16.7 Å². The molecule has 0 aliphatic heterocycles. The highest BCUT2D eigenvalue weighted by molar-refractivity contribution is 6.29. The number of hydrogen-bond acceptors (Lipinski definition) is 4. The molecule has 15 heavy (non-hydrogen) atoms. The Hall–Kier alpha value is -1.88. The molecule has 0 bridgehead atoms. The number of halogens is 1. The Bertz CT molecular complexity index is 556. The number of hydrogen-bond donors (Lipinski definition) is 2. The lowest BCUT2D eigenvalue weighted by Crippen LogP contribution is -2.03. The molecule has 76 valence electrons. The fourth-order valence-corrected chi connectivity index (χ4v) is 1.43. The fraction of sp³-hybridized carbons (Fsp3) is 0. The van der Waals surface area contributed by atoms with Gasteiger partial charge in [-0.1, -0.05) is 0 Å². The second-order valence-corrected chi connectivity index (χ2v) is 3.19. The molecule has 0 radical (unpaired) electrons. The summed E-state index contributed by atoms with van der Waals surface area (Å²) in [4.78, 5) is 18.3. The first-order valence-corrected chi connectivity index (χ1v) is 4.35. The largest absolute Gasteiger partial charge is 0.508 e. The monoisotopic (exact) mass is 224 g/mol. The van der Waals surface area contributed by atoms with Crippen molar-refractivity contribution in [3.8, 4) is 5.75 Å². The first-order valence-electron chi connectivity index (χ1n) is 3.97. The van der Waals surface area contributed by atoms with Gasteiger partial charge < -0.3 is 10.2 Å². The topological polar surface area (TPSA) is 83.3 Å². The van der Waals surface area contributed by atoms with E-state index >= 15 is 0 Å². The van der Waals surface area contributed by atoms with E-state index in [2.05, 4.69) is 9.97 Å². The van der Waals surface area contributed by atoms with Gasteiger partial charge in [0.05, 0.1) is 5.52 Å². The average molecular weight is 225 g/mol. The molecule has 0 saturated carbocycles. The maximum atomic E-state index is 10.8.